The highest BCUT2D eigenvalue weighted by atomic mass is 16.1. The molecule has 0 aliphatic heterocycles. The van der Waals surface area contributed by atoms with Crippen molar-refractivity contribution in [3.05, 3.63) is 113 Å². The molecule has 0 aliphatic rings. The molecule has 0 aliphatic carbocycles. The Bertz CT molecular complexity index is 1550. The second-order valence-electron chi connectivity index (χ2n) is 9.93. The summed E-state index contributed by atoms with van der Waals surface area (Å²) < 4.78 is 2.06. The molecule has 3 aromatic carbocycles. The molecular formula is C31H27NO2. The van der Waals surface area contributed by atoms with E-state index in [1.54, 1.807) is 0 Å². The van der Waals surface area contributed by atoms with E-state index in [1.165, 1.54) is 11.1 Å². The van der Waals surface area contributed by atoms with Gasteiger partial charge in [0.2, 0.25) is 0 Å². The standard InChI is InChI=1S/C31H27NO2/c1-20-9-11-21(12-10-20)28-18-26(30(34)22-13-15-25(16-14-22)31(2,3)4)29-24(19-33)17-23-7-5-6-8-27(23)32(28)29/h5-19H,1-4H3. The van der Waals surface area contributed by atoms with Crippen LogP contribution in [0.2, 0.25) is 0 Å². The van der Waals surface area contributed by atoms with Crippen molar-refractivity contribution in [2.75, 3.05) is 0 Å². The molecule has 0 fully saturated rings. The van der Waals surface area contributed by atoms with Crippen LogP contribution in [0.1, 0.15) is 58.2 Å². The van der Waals surface area contributed by atoms with Crippen molar-refractivity contribution in [3.63, 3.8) is 0 Å². The highest BCUT2D eigenvalue weighted by Gasteiger charge is 2.23. The minimum Gasteiger partial charge on any atom is -0.308 e. The van der Waals surface area contributed by atoms with Gasteiger partial charge in [-0.25, -0.2) is 0 Å². The second-order valence-corrected chi connectivity index (χ2v) is 9.93. The number of hydrogen-bond acceptors (Lipinski definition) is 2. The lowest BCUT2D eigenvalue weighted by molar-refractivity contribution is 0.104. The monoisotopic (exact) mass is 445 g/mol. The number of aryl methyl sites for hydroxylation is 1. The molecule has 5 aromatic rings. The number of fused-ring (bicyclic) bond motifs is 3. The van der Waals surface area contributed by atoms with Crippen LogP contribution in [0.25, 0.3) is 27.7 Å². The highest BCUT2D eigenvalue weighted by molar-refractivity contribution is 6.17. The van der Waals surface area contributed by atoms with Gasteiger partial charge in [-0.05, 0) is 47.1 Å². The summed E-state index contributed by atoms with van der Waals surface area (Å²) in [5.74, 6) is -0.0882. The topological polar surface area (TPSA) is 38.5 Å². The molecule has 0 amide bonds. The van der Waals surface area contributed by atoms with Gasteiger partial charge in [0.1, 0.15) is 0 Å². The fourth-order valence-corrected chi connectivity index (χ4v) is 4.57. The summed E-state index contributed by atoms with van der Waals surface area (Å²) in [5.41, 5.74) is 7.49. The smallest absolute Gasteiger partial charge is 0.195 e. The summed E-state index contributed by atoms with van der Waals surface area (Å²) >= 11 is 0. The van der Waals surface area contributed by atoms with Crippen LogP contribution in [0, 0.1) is 6.92 Å². The van der Waals surface area contributed by atoms with E-state index >= 15 is 0 Å². The molecular weight excluding hydrogens is 418 g/mol. The van der Waals surface area contributed by atoms with E-state index in [0.717, 1.165) is 28.4 Å². The van der Waals surface area contributed by atoms with Crippen LogP contribution >= 0.6 is 0 Å². The first kappa shape index (κ1) is 21.8. The first-order valence-electron chi connectivity index (χ1n) is 11.5. The maximum atomic E-state index is 13.8. The SMILES string of the molecule is Cc1ccc(-c2cc(C(=O)c3ccc(C(C)(C)C)cc3)c3c(C=O)cc4ccccc4n23)cc1. The van der Waals surface area contributed by atoms with Crippen LogP contribution in [-0.2, 0) is 5.41 Å². The van der Waals surface area contributed by atoms with E-state index in [1.807, 2.05) is 60.7 Å². The third-order valence-corrected chi connectivity index (χ3v) is 6.49. The number of nitrogens with zero attached hydrogens (tertiary/aromatic N) is 1. The Hall–Kier alpha value is -3.98. The Kier molecular flexibility index (Phi) is 5.21. The molecule has 3 nitrogen and oxygen atoms in total. The predicted octanol–water partition coefficient (Wildman–Crippen LogP) is 7.41. The number of benzene rings is 3. The highest BCUT2D eigenvalue weighted by Crippen LogP contribution is 2.34. The summed E-state index contributed by atoms with van der Waals surface area (Å²) in [6, 6.07) is 27.8. The molecule has 34 heavy (non-hydrogen) atoms. The third kappa shape index (κ3) is 3.63. The molecule has 5 rings (SSSR count). The van der Waals surface area contributed by atoms with Crippen molar-refractivity contribution in [3.8, 4) is 11.3 Å². The van der Waals surface area contributed by atoms with E-state index < -0.39 is 0 Å². The molecule has 0 radical (unpaired) electrons. The first-order valence-corrected chi connectivity index (χ1v) is 11.5. The molecule has 168 valence electrons. The van der Waals surface area contributed by atoms with E-state index in [4.69, 9.17) is 0 Å². The fourth-order valence-electron chi connectivity index (χ4n) is 4.57. The first-order chi connectivity index (χ1) is 16.3. The predicted molar refractivity (Wildman–Crippen MR) is 139 cm³/mol. The minimum absolute atomic E-state index is 0.00659. The second kappa shape index (κ2) is 8.11. The Morgan fingerprint density at radius 2 is 1.53 bits per heavy atom. The van der Waals surface area contributed by atoms with Crippen LogP contribution < -0.4 is 0 Å². The van der Waals surface area contributed by atoms with Gasteiger partial charge >= 0.3 is 0 Å². The molecule has 0 N–H and O–H groups in total. The van der Waals surface area contributed by atoms with E-state index in [0.29, 0.717) is 22.2 Å². The molecule has 2 aromatic heterocycles. The van der Waals surface area contributed by atoms with E-state index in [-0.39, 0.29) is 11.2 Å². The number of carbonyl (C=O) groups is 2. The number of aldehydes is 1. The van der Waals surface area contributed by atoms with Gasteiger partial charge < -0.3 is 4.40 Å². The lowest BCUT2D eigenvalue weighted by Crippen LogP contribution is -2.11. The maximum absolute atomic E-state index is 13.8. The number of carbonyl (C=O) groups excluding carboxylic acids is 2. The Balaban J connectivity index is 1.80. The van der Waals surface area contributed by atoms with Gasteiger partial charge in [-0.15, -0.1) is 0 Å². The zero-order valence-corrected chi connectivity index (χ0v) is 19.9. The number of hydrogen-bond donors (Lipinski definition) is 0. The van der Waals surface area contributed by atoms with Gasteiger partial charge in [0, 0.05) is 16.7 Å². The number of rotatable bonds is 4. The van der Waals surface area contributed by atoms with Gasteiger partial charge in [-0.1, -0.05) is 93.1 Å². The molecule has 3 heteroatoms. The molecule has 0 spiro atoms. The average molecular weight is 446 g/mol. The van der Waals surface area contributed by atoms with Crippen LogP contribution in [-0.4, -0.2) is 16.5 Å². The van der Waals surface area contributed by atoms with Crippen molar-refractivity contribution in [2.24, 2.45) is 0 Å². The van der Waals surface area contributed by atoms with Gasteiger partial charge in [-0.3, -0.25) is 9.59 Å². The fraction of sp³-hybridized carbons (Fsp3) is 0.161. The molecule has 0 bridgehead atoms. The summed E-state index contributed by atoms with van der Waals surface area (Å²) in [6.45, 7) is 8.51. The van der Waals surface area contributed by atoms with E-state index in [2.05, 4.69) is 56.4 Å². The van der Waals surface area contributed by atoms with E-state index in [9.17, 15) is 9.59 Å². The third-order valence-electron chi connectivity index (χ3n) is 6.49. The van der Waals surface area contributed by atoms with Crippen LogP contribution in [0.5, 0.6) is 0 Å². The number of para-hydroxylation sites is 1. The average Bonchev–Trinajstić information content (AvgIpc) is 3.24. The van der Waals surface area contributed by atoms with Gasteiger partial charge in [-0.2, -0.15) is 0 Å². The van der Waals surface area contributed by atoms with Crippen LogP contribution in [0.15, 0.2) is 84.9 Å². The number of aromatic nitrogens is 1. The molecule has 0 saturated carbocycles. The van der Waals surface area contributed by atoms with Gasteiger partial charge in [0.25, 0.3) is 0 Å². The number of ketones is 1. The van der Waals surface area contributed by atoms with Crippen molar-refractivity contribution in [2.45, 2.75) is 33.1 Å². The summed E-state index contributed by atoms with van der Waals surface area (Å²) in [6.07, 6.45) is 0.847. The Labute approximate surface area is 199 Å². The quantitative estimate of drug-likeness (QED) is 0.213. The zero-order chi connectivity index (χ0) is 24.0. The molecule has 0 saturated heterocycles. The lowest BCUT2D eigenvalue weighted by atomic mass is 9.86. The molecule has 0 unspecified atom stereocenters. The van der Waals surface area contributed by atoms with Gasteiger partial charge in [0.15, 0.2) is 12.1 Å². The molecule has 0 atom stereocenters. The van der Waals surface area contributed by atoms with Crippen molar-refractivity contribution < 1.29 is 9.59 Å². The molecule has 2 heterocycles. The summed E-state index contributed by atoms with van der Waals surface area (Å²) in [7, 11) is 0. The summed E-state index contributed by atoms with van der Waals surface area (Å²) in [5, 5.41) is 0.953. The normalized spacial score (nSPS) is 11.8. The van der Waals surface area contributed by atoms with Gasteiger partial charge in [0.05, 0.1) is 16.7 Å². The van der Waals surface area contributed by atoms with Crippen molar-refractivity contribution in [1.29, 1.82) is 0 Å². The summed E-state index contributed by atoms with van der Waals surface area (Å²) in [4.78, 5) is 26.0. The Morgan fingerprint density at radius 1 is 0.853 bits per heavy atom. The number of pyridine rings is 1. The largest absolute Gasteiger partial charge is 0.308 e. The Morgan fingerprint density at radius 3 is 2.18 bits per heavy atom. The minimum atomic E-state index is -0.0882. The zero-order valence-electron chi connectivity index (χ0n) is 19.9. The van der Waals surface area contributed by atoms with Crippen molar-refractivity contribution >= 4 is 28.5 Å². The lowest BCUT2D eigenvalue weighted by Gasteiger charge is -2.19. The van der Waals surface area contributed by atoms with Crippen LogP contribution in [0.4, 0.5) is 0 Å². The van der Waals surface area contributed by atoms with Crippen LogP contribution in [0.3, 0.4) is 0 Å². The maximum Gasteiger partial charge on any atom is 0.195 e. The van der Waals surface area contributed by atoms with Crippen molar-refractivity contribution in [1.82, 2.24) is 4.40 Å².